The van der Waals surface area contributed by atoms with E-state index in [0.29, 0.717) is 6.04 Å². The fourth-order valence-corrected chi connectivity index (χ4v) is 4.47. The number of aryl methyl sites for hydroxylation is 1. The Morgan fingerprint density at radius 2 is 1.60 bits per heavy atom. The van der Waals surface area contributed by atoms with Gasteiger partial charge in [-0.3, -0.25) is 0 Å². The molecule has 0 spiro atoms. The summed E-state index contributed by atoms with van der Waals surface area (Å²) in [5.41, 5.74) is 4.12. The third-order valence-corrected chi connectivity index (χ3v) is 5.85. The van der Waals surface area contributed by atoms with Crippen LogP contribution >= 0.6 is 0 Å². The summed E-state index contributed by atoms with van der Waals surface area (Å²) in [4.78, 5) is 0. The van der Waals surface area contributed by atoms with Crippen LogP contribution in [-0.2, 0) is 13.1 Å². The second kappa shape index (κ2) is 7.61. The molecular formula is C23H30N2. The molecule has 0 saturated heterocycles. The third kappa shape index (κ3) is 3.46. The molecule has 0 atom stereocenters. The minimum atomic E-state index is 0.702. The van der Waals surface area contributed by atoms with Crippen molar-refractivity contribution in [1.29, 1.82) is 0 Å². The van der Waals surface area contributed by atoms with Gasteiger partial charge in [0.1, 0.15) is 0 Å². The molecule has 1 aromatic heterocycles. The molecule has 0 unspecified atom stereocenters. The summed E-state index contributed by atoms with van der Waals surface area (Å²) >= 11 is 0. The van der Waals surface area contributed by atoms with Crippen LogP contribution in [0.5, 0.6) is 0 Å². The fourth-order valence-electron chi connectivity index (χ4n) is 4.47. The molecule has 1 aliphatic carbocycles. The number of hydrogen-bond donors (Lipinski definition) is 1. The Morgan fingerprint density at radius 3 is 2.40 bits per heavy atom. The van der Waals surface area contributed by atoms with Crippen LogP contribution in [0, 0.1) is 0 Å². The lowest BCUT2D eigenvalue weighted by atomic mass is 9.96. The van der Waals surface area contributed by atoms with Crippen molar-refractivity contribution >= 4 is 21.8 Å². The SMILES string of the molecule is CCn1c2ccccc2c2cc(CNC3CCCCCCC3)ccc21. The maximum Gasteiger partial charge on any atom is 0.0491 e. The van der Waals surface area contributed by atoms with Crippen LogP contribution in [0.4, 0.5) is 0 Å². The average Bonchev–Trinajstić information content (AvgIpc) is 2.94. The highest BCUT2D eigenvalue weighted by Crippen LogP contribution is 2.29. The zero-order valence-electron chi connectivity index (χ0n) is 15.4. The Bertz CT molecular complexity index is 838. The van der Waals surface area contributed by atoms with Crippen LogP contribution in [0.25, 0.3) is 21.8 Å². The molecule has 2 aromatic carbocycles. The molecule has 1 aliphatic rings. The standard InChI is InChI=1S/C23H30N2/c1-2-25-22-13-9-8-12-20(22)21-16-18(14-15-23(21)25)17-24-19-10-6-4-3-5-7-11-19/h8-9,12-16,19,24H,2-7,10-11,17H2,1H3. The number of rotatable bonds is 4. The van der Waals surface area contributed by atoms with E-state index in [4.69, 9.17) is 0 Å². The molecular weight excluding hydrogens is 304 g/mol. The first-order valence-corrected chi connectivity index (χ1v) is 10.1. The minimum absolute atomic E-state index is 0.702. The topological polar surface area (TPSA) is 17.0 Å². The van der Waals surface area contributed by atoms with Crippen LogP contribution in [0.1, 0.15) is 57.4 Å². The third-order valence-electron chi connectivity index (χ3n) is 5.85. The van der Waals surface area contributed by atoms with Crippen LogP contribution < -0.4 is 5.32 Å². The average molecular weight is 335 g/mol. The lowest BCUT2D eigenvalue weighted by Gasteiger charge is -2.21. The van der Waals surface area contributed by atoms with Crippen molar-refractivity contribution in [2.75, 3.05) is 0 Å². The van der Waals surface area contributed by atoms with Gasteiger partial charge >= 0.3 is 0 Å². The van der Waals surface area contributed by atoms with Gasteiger partial charge in [0.05, 0.1) is 0 Å². The van der Waals surface area contributed by atoms with Crippen molar-refractivity contribution in [3.8, 4) is 0 Å². The zero-order chi connectivity index (χ0) is 17.1. The van der Waals surface area contributed by atoms with E-state index in [1.165, 1.54) is 72.3 Å². The molecule has 4 rings (SSSR count). The summed E-state index contributed by atoms with van der Waals surface area (Å²) in [5.74, 6) is 0. The molecule has 1 heterocycles. The van der Waals surface area contributed by atoms with Gasteiger partial charge in [0.15, 0.2) is 0 Å². The van der Waals surface area contributed by atoms with Gasteiger partial charge in [-0.25, -0.2) is 0 Å². The molecule has 1 fully saturated rings. The van der Waals surface area contributed by atoms with Gasteiger partial charge in [0, 0.05) is 40.9 Å². The van der Waals surface area contributed by atoms with Crippen molar-refractivity contribution in [2.45, 2.75) is 71.0 Å². The number of para-hydroxylation sites is 1. The van der Waals surface area contributed by atoms with Crippen molar-refractivity contribution in [3.05, 3.63) is 48.0 Å². The van der Waals surface area contributed by atoms with Gasteiger partial charge in [-0.05, 0) is 43.5 Å². The normalized spacial score (nSPS) is 17.0. The highest BCUT2D eigenvalue weighted by molar-refractivity contribution is 6.08. The summed E-state index contributed by atoms with van der Waals surface area (Å²) in [6.45, 7) is 4.24. The molecule has 0 aliphatic heterocycles. The molecule has 132 valence electrons. The van der Waals surface area contributed by atoms with Gasteiger partial charge in [-0.2, -0.15) is 0 Å². The Labute approximate surface area is 151 Å². The van der Waals surface area contributed by atoms with Gasteiger partial charge in [0.25, 0.3) is 0 Å². The van der Waals surface area contributed by atoms with Crippen molar-refractivity contribution in [2.24, 2.45) is 0 Å². The van der Waals surface area contributed by atoms with E-state index in [9.17, 15) is 0 Å². The van der Waals surface area contributed by atoms with Crippen molar-refractivity contribution in [1.82, 2.24) is 9.88 Å². The molecule has 25 heavy (non-hydrogen) atoms. The Hall–Kier alpha value is -1.80. The molecule has 1 N–H and O–H groups in total. The highest BCUT2D eigenvalue weighted by Gasteiger charge is 2.12. The largest absolute Gasteiger partial charge is 0.341 e. The number of benzene rings is 2. The second-order valence-electron chi connectivity index (χ2n) is 7.54. The number of nitrogens with zero attached hydrogens (tertiary/aromatic N) is 1. The second-order valence-corrected chi connectivity index (χ2v) is 7.54. The highest BCUT2D eigenvalue weighted by atomic mass is 15.0. The molecule has 2 heteroatoms. The molecule has 0 amide bonds. The Kier molecular flexibility index (Phi) is 5.07. The molecule has 3 aromatic rings. The maximum atomic E-state index is 3.83. The van der Waals surface area contributed by atoms with Gasteiger partial charge in [-0.15, -0.1) is 0 Å². The first-order valence-electron chi connectivity index (χ1n) is 10.1. The predicted molar refractivity (Wildman–Crippen MR) is 108 cm³/mol. The fraction of sp³-hybridized carbons (Fsp3) is 0.478. The van der Waals surface area contributed by atoms with Crippen molar-refractivity contribution in [3.63, 3.8) is 0 Å². The summed E-state index contributed by atoms with van der Waals surface area (Å²) in [7, 11) is 0. The van der Waals surface area contributed by atoms with E-state index in [1.54, 1.807) is 0 Å². The summed E-state index contributed by atoms with van der Waals surface area (Å²) in [6, 6.07) is 16.5. The van der Waals surface area contributed by atoms with Gasteiger partial charge < -0.3 is 9.88 Å². The van der Waals surface area contributed by atoms with E-state index in [1.807, 2.05) is 0 Å². The summed E-state index contributed by atoms with van der Waals surface area (Å²) < 4.78 is 2.43. The van der Waals surface area contributed by atoms with E-state index < -0.39 is 0 Å². The lowest BCUT2D eigenvalue weighted by molar-refractivity contribution is 0.389. The molecule has 0 bridgehead atoms. The Morgan fingerprint density at radius 1 is 0.880 bits per heavy atom. The first-order chi connectivity index (χ1) is 12.4. The molecule has 0 radical (unpaired) electrons. The number of nitrogens with one attached hydrogen (secondary N) is 1. The van der Waals surface area contributed by atoms with E-state index in [-0.39, 0.29) is 0 Å². The quantitative estimate of drug-likeness (QED) is 0.617. The lowest BCUT2D eigenvalue weighted by Crippen LogP contribution is -2.29. The molecule has 2 nitrogen and oxygen atoms in total. The monoisotopic (exact) mass is 334 g/mol. The zero-order valence-corrected chi connectivity index (χ0v) is 15.4. The van der Waals surface area contributed by atoms with Crippen LogP contribution in [0.15, 0.2) is 42.5 Å². The van der Waals surface area contributed by atoms with E-state index >= 15 is 0 Å². The number of aromatic nitrogens is 1. The van der Waals surface area contributed by atoms with E-state index in [2.05, 4.69) is 59.3 Å². The number of fused-ring (bicyclic) bond motifs is 3. The van der Waals surface area contributed by atoms with Crippen LogP contribution in [0.2, 0.25) is 0 Å². The minimum Gasteiger partial charge on any atom is -0.341 e. The van der Waals surface area contributed by atoms with Crippen molar-refractivity contribution < 1.29 is 0 Å². The van der Waals surface area contributed by atoms with Gasteiger partial charge in [0.2, 0.25) is 0 Å². The summed E-state index contributed by atoms with van der Waals surface area (Å²) in [6.07, 6.45) is 9.74. The first kappa shape index (κ1) is 16.7. The van der Waals surface area contributed by atoms with Gasteiger partial charge in [-0.1, -0.05) is 56.4 Å². The number of hydrogen-bond acceptors (Lipinski definition) is 1. The van der Waals surface area contributed by atoms with Crippen LogP contribution in [-0.4, -0.2) is 10.6 Å². The Balaban J connectivity index is 1.57. The van der Waals surface area contributed by atoms with Crippen LogP contribution in [0.3, 0.4) is 0 Å². The smallest absolute Gasteiger partial charge is 0.0491 e. The maximum absolute atomic E-state index is 3.83. The predicted octanol–water partition coefficient (Wildman–Crippen LogP) is 6.02. The molecule has 1 saturated carbocycles. The summed E-state index contributed by atoms with van der Waals surface area (Å²) in [5, 5.41) is 6.61. The van der Waals surface area contributed by atoms with E-state index in [0.717, 1.165) is 13.1 Å².